The van der Waals surface area contributed by atoms with E-state index >= 15 is 0 Å². The van der Waals surface area contributed by atoms with Crippen molar-refractivity contribution in [2.75, 3.05) is 39.3 Å². The van der Waals surface area contributed by atoms with Crippen LogP contribution in [0.15, 0.2) is 28.7 Å². The number of hydrogen-bond donors (Lipinski definition) is 1. The molecule has 0 saturated carbocycles. The zero-order valence-corrected chi connectivity index (χ0v) is 12.7. The molecule has 108 valence electrons. The fourth-order valence-corrected chi connectivity index (χ4v) is 2.45. The summed E-state index contributed by atoms with van der Waals surface area (Å²) >= 11 is 3.30. The Morgan fingerprint density at radius 3 is 2.25 bits per heavy atom. The Hall–Kier alpha value is -1.24. The Morgan fingerprint density at radius 1 is 1.10 bits per heavy atom. The molecule has 1 saturated heterocycles. The van der Waals surface area contributed by atoms with Crippen molar-refractivity contribution >= 4 is 27.6 Å². The minimum absolute atomic E-state index is 0.117. The second-order valence-electron chi connectivity index (χ2n) is 4.69. The summed E-state index contributed by atoms with van der Waals surface area (Å²) < 4.78 is 0.874. The van der Waals surface area contributed by atoms with Gasteiger partial charge in [0, 0.05) is 42.8 Å². The van der Waals surface area contributed by atoms with Gasteiger partial charge in [0.1, 0.15) is 0 Å². The van der Waals surface area contributed by atoms with E-state index in [4.69, 9.17) is 5.11 Å². The molecule has 0 radical (unpaired) electrons. The highest BCUT2D eigenvalue weighted by molar-refractivity contribution is 9.10. The SMILES string of the molecule is O=C(C(=O)N1CCN(CCO)CC1)c1ccc(Br)cc1. The van der Waals surface area contributed by atoms with Gasteiger partial charge in [0.15, 0.2) is 0 Å². The zero-order chi connectivity index (χ0) is 14.5. The second kappa shape index (κ2) is 6.97. The Kier molecular flexibility index (Phi) is 5.28. The third kappa shape index (κ3) is 3.65. The molecule has 1 fully saturated rings. The van der Waals surface area contributed by atoms with Gasteiger partial charge in [-0.2, -0.15) is 0 Å². The molecule has 0 unspecified atom stereocenters. The number of β-amino-alcohol motifs (C(OH)–C–C–N with tert-alkyl or cyclic N) is 1. The summed E-state index contributed by atoms with van der Waals surface area (Å²) in [5, 5.41) is 8.87. The number of aliphatic hydroxyl groups excluding tert-OH is 1. The lowest BCUT2D eigenvalue weighted by Gasteiger charge is -2.33. The number of carbonyl (C=O) groups is 2. The molecule has 20 heavy (non-hydrogen) atoms. The molecule has 1 aliphatic heterocycles. The molecule has 0 aliphatic carbocycles. The predicted molar refractivity (Wildman–Crippen MR) is 78.6 cm³/mol. The number of Topliss-reactive ketones (excluding diaryl/α,β-unsaturated/α-hetero) is 1. The maximum Gasteiger partial charge on any atom is 0.295 e. The molecule has 5 nitrogen and oxygen atoms in total. The lowest BCUT2D eigenvalue weighted by Crippen LogP contribution is -2.51. The highest BCUT2D eigenvalue weighted by Crippen LogP contribution is 2.12. The van der Waals surface area contributed by atoms with E-state index < -0.39 is 11.7 Å². The van der Waals surface area contributed by atoms with Gasteiger partial charge in [0.25, 0.3) is 5.91 Å². The quantitative estimate of drug-likeness (QED) is 0.649. The van der Waals surface area contributed by atoms with Crippen molar-refractivity contribution in [1.82, 2.24) is 9.80 Å². The van der Waals surface area contributed by atoms with Crippen LogP contribution in [0.25, 0.3) is 0 Å². The third-order valence-electron chi connectivity index (χ3n) is 3.38. The van der Waals surface area contributed by atoms with Gasteiger partial charge < -0.3 is 10.0 Å². The van der Waals surface area contributed by atoms with Crippen molar-refractivity contribution in [2.45, 2.75) is 0 Å². The largest absolute Gasteiger partial charge is 0.395 e. The fraction of sp³-hybridized carbons (Fsp3) is 0.429. The molecule has 0 bridgehead atoms. The number of amides is 1. The smallest absolute Gasteiger partial charge is 0.295 e. The number of halogens is 1. The van der Waals surface area contributed by atoms with Crippen LogP contribution < -0.4 is 0 Å². The van der Waals surface area contributed by atoms with Gasteiger partial charge in [-0.1, -0.05) is 15.9 Å². The van der Waals surface area contributed by atoms with E-state index in [-0.39, 0.29) is 6.61 Å². The Labute approximate surface area is 126 Å². The van der Waals surface area contributed by atoms with Crippen LogP contribution in [0.3, 0.4) is 0 Å². The van der Waals surface area contributed by atoms with Crippen molar-refractivity contribution in [3.8, 4) is 0 Å². The van der Waals surface area contributed by atoms with Crippen molar-refractivity contribution in [3.63, 3.8) is 0 Å². The molecule has 1 amide bonds. The molecule has 1 aromatic rings. The first-order valence-electron chi connectivity index (χ1n) is 6.54. The van der Waals surface area contributed by atoms with Crippen molar-refractivity contribution < 1.29 is 14.7 Å². The molecular weight excluding hydrogens is 324 g/mol. The molecular formula is C14H17BrN2O3. The Morgan fingerprint density at radius 2 is 1.70 bits per heavy atom. The maximum absolute atomic E-state index is 12.1. The molecule has 1 aromatic carbocycles. The minimum Gasteiger partial charge on any atom is -0.395 e. The molecule has 1 N–H and O–H groups in total. The summed E-state index contributed by atoms with van der Waals surface area (Å²) in [4.78, 5) is 27.9. The first-order valence-corrected chi connectivity index (χ1v) is 7.33. The van der Waals surface area contributed by atoms with Crippen LogP contribution in [0.1, 0.15) is 10.4 Å². The monoisotopic (exact) mass is 340 g/mol. The van der Waals surface area contributed by atoms with E-state index in [0.717, 1.165) is 4.47 Å². The van der Waals surface area contributed by atoms with Crippen LogP contribution in [-0.4, -0.2) is 65.9 Å². The predicted octanol–water partition coefficient (Wildman–Crippen LogP) is 0.768. The van der Waals surface area contributed by atoms with E-state index in [1.807, 2.05) is 0 Å². The first kappa shape index (κ1) is 15.2. The van der Waals surface area contributed by atoms with Crippen LogP contribution in [0.5, 0.6) is 0 Å². The zero-order valence-electron chi connectivity index (χ0n) is 11.1. The number of rotatable bonds is 4. The van der Waals surface area contributed by atoms with Crippen LogP contribution in [0.4, 0.5) is 0 Å². The lowest BCUT2D eigenvalue weighted by molar-refractivity contribution is -0.128. The number of ketones is 1. The van der Waals surface area contributed by atoms with Crippen molar-refractivity contribution in [1.29, 1.82) is 0 Å². The number of aliphatic hydroxyl groups is 1. The molecule has 1 aliphatic rings. The van der Waals surface area contributed by atoms with Crippen molar-refractivity contribution in [2.24, 2.45) is 0 Å². The Bertz CT molecular complexity index is 482. The second-order valence-corrected chi connectivity index (χ2v) is 5.61. The summed E-state index contributed by atoms with van der Waals surface area (Å²) in [6, 6.07) is 6.79. The average Bonchev–Trinajstić information content (AvgIpc) is 2.48. The Balaban J connectivity index is 1.95. The third-order valence-corrected chi connectivity index (χ3v) is 3.91. The van der Waals surface area contributed by atoms with E-state index in [0.29, 0.717) is 38.3 Å². The molecule has 0 spiro atoms. The van der Waals surface area contributed by atoms with Crippen LogP contribution in [-0.2, 0) is 4.79 Å². The fourth-order valence-electron chi connectivity index (χ4n) is 2.18. The van der Waals surface area contributed by atoms with Gasteiger partial charge in [-0.3, -0.25) is 14.5 Å². The standard InChI is InChI=1S/C14H17BrN2O3/c15-12-3-1-11(2-4-12)13(19)14(20)17-7-5-16(6-8-17)9-10-18/h1-4,18H,5-10H2. The number of carbonyl (C=O) groups excluding carboxylic acids is 2. The van der Waals surface area contributed by atoms with E-state index in [2.05, 4.69) is 20.8 Å². The van der Waals surface area contributed by atoms with Crippen LogP contribution in [0.2, 0.25) is 0 Å². The first-order chi connectivity index (χ1) is 9.61. The van der Waals surface area contributed by atoms with Gasteiger partial charge in [-0.15, -0.1) is 0 Å². The average molecular weight is 341 g/mol. The summed E-state index contributed by atoms with van der Waals surface area (Å²) in [7, 11) is 0. The lowest BCUT2D eigenvalue weighted by atomic mass is 10.1. The molecule has 0 aromatic heterocycles. The molecule has 0 atom stereocenters. The number of piperazine rings is 1. The van der Waals surface area contributed by atoms with Gasteiger partial charge in [0.2, 0.25) is 5.78 Å². The normalized spacial score (nSPS) is 16.2. The van der Waals surface area contributed by atoms with E-state index in [1.165, 1.54) is 0 Å². The van der Waals surface area contributed by atoms with Crippen LogP contribution in [0, 0.1) is 0 Å². The summed E-state index contributed by atoms with van der Waals surface area (Å²) in [5.41, 5.74) is 0.413. The summed E-state index contributed by atoms with van der Waals surface area (Å²) in [5.74, 6) is -0.913. The van der Waals surface area contributed by atoms with E-state index in [9.17, 15) is 9.59 Å². The molecule has 1 heterocycles. The maximum atomic E-state index is 12.1. The minimum atomic E-state index is -0.465. The van der Waals surface area contributed by atoms with Crippen molar-refractivity contribution in [3.05, 3.63) is 34.3 Å². The van der Waals surface area contributed by atoms with E-state index in [1.54, 1.807) is 29.2 Å². The topological polar surface area (TPSA) is 60.9 Å². The van der Waals surface area contributed by atoms with Gasteiger partial charge >= 0.3 is 0 Å². The molecule has 2 rings (SSSR count). The van der Waals surface area contributed by atoms with Gasteiger partial charge in [0.05, 0.1) is 6.61 Å². The number of hydrogen-bond acceptors (Lipinski definition) is 4. The van der Waals surface area contributed by atoms with Gasteiger partial charge in [-0.05, 0) is 24.3 Å². The van der Waals surface area contributed by atoms with Gasteiger partial charge in [-0.25, -0.2) is 0 Å². The number of nitrogens with zero attached hydrogens (tertiary/aromatic N) is 2. The number of benzene rings is 1. The van der Waals surface area contributed by atoms with Crippen LogP contribution >= 0.6 is 15.9 Å². The molecule has 6 heteroatoms. The summed E-state index contributed by atoms with van der Waals surface area (Å²) in [6.45, 7) is 3.18. The highest BCUT2D eigenvalue weighted by Gasteiger charge is 2.26. The highest BCUT2D eigenvalue weighted by atomic mass is 79.9. The summed E-state index contributed by atoms with van der Waals surface area (Å²) in [6.07, 6.45) is 0.